The number of alkyl halides is 6. The zero-order valence-electron chi connectivity index (χ0n) is 29.4. The normalized spacial score (nSPS) is 17.1. The second-order valence-corrected chi connectivity index (χ2v) is 15.3. The average Bonchev–Trinajstić information content (AvgIpc) is 3.53. The van der Waals surface area contributed by atoms with Crippen LogP contribution in [0.2, 0.25) is 5.02 Å². The minimum Gasteiger partial charge on any atom is -0.383 e. The molecule has 0 spiro atoms. The number of fused-ring (bicyclic) bond motifs is 2. The predicted octanol–water partition coefficient (Wildman–Crippen LogP) is 5.46. The Morgan fingerprint density at radius 1 is 1.04 bits per heavy atom. The van der Waals surface area contributed by atoms with E-state index in [1.807, 2.05) is 6.07 Å². The van der Waals surface area contributed by atoms with Gasteiger partial charge in [-0.2, -0.15) is 49.4 Å². The first-order valence-electron chi connectivity index (χ1n) is 16.6. The fourth-order valence-corrected chi connectivity index (χ4v) is 7.98. The number of ether oxygens (including phenoxy) is 2. The van der Waals surface area contributed by atoms with Crippen molar-refractivity contribution in [2.75, 3.05) is 68.7 Å². The van der Waals surface area contributed by atoms with E-state index in [0.29, 0.717) is 5.82 Å². The van der Waals surface area contributed by atoms with E-state index >= 15 is 0 Å². The van der Waals surface area contributed by atoms with E-state index in [2.05, 4.69) is 0 Å². The molecule has 55 heavy (non-hydrogen) atoms. The number of imidazole rings is 1. The number of rotatable bonds is 14. The highest BCUT2D eigenvalue weighted by molar-refractivity contribution is 7.85. The molecule has 1 saturated heterocycles. The van der Waals surface area contributed by atoms with Crippen molar-refractivity contribution < 1.29 is 61.8 Å². The predicted molar refractivity (Wildman–Crippen MR) is 189 cm³/mol. The van der Waals surface area contributed by atoms with E-state index in [-0.39, 0.29) is 93.6 Å². The Hall–Kier alpha value is -3.75. The number of nitriles is 1. The van der Waals surface area contributed by atoms with E-state index in [1.165, 1.54) is 44.4 Å². The van der Waals surface area contributed by atoms with Crippen molar-refractivity contribution in [2.45, 2.75) is 36.6 Å². The van der Waals surface area contributed by atoms with Crippen LogP contribution in [0, 0.1) is 11.3 Å². The number of nitrogens with zero attached hydrogens (tertiary/aromatic N) is 6. The van der Waals surface area contributed by atoms with E-state index in [9.17, 15) is 48.8 Å². The third-order valence-corrected chi connectivity index (χ3v) is 10.9. The van der Waals surface area contributed by atoms with Crippen LogP contribution in [0.3, 0.4) is 0 Å². The summed E-state index contributed by atoms with van der Waals surface area (Å²) < 4.78 is 150. The van der Waals surface area contributed by atoms with Gasteiger partial charge in [-0.05, 0) is 18.2 Å². The molecule has 3 heterocycles. The standard InChI is InChI=1S/C33H35ClF6N6O7S2/c1-42-25-20-24(34)22(32(35,36)37)18-26(25)44(10-5-17-55(48,49)50)30(42)6-3-7-31-45(9-4-8-41)27-19-23(33(38,39)40)29(21-28(27)46(31)13-14-51-2)54(47)53-43-11-15-52-16-12-43/h3,6-7,18-21H,4-5,9-17H2,1-2H3/p+1. The van der Waals surface area contributed by atoms with Gasteiger partial charge >= 0.3 is 12.4 Å². The molecule has 300 valence electrons. The Bertz CT molecular complexity index is 2150. The summed E-state index contributed by atoms with van der Waals surface area (Å²) in [5, 5.41) is 10.2. The zero-order valence-corrected chi connectivity index (χ0v) is 31.8. The molecule has 2 aliphatic heterocycles. The smallest absolute Gasteiger partial charge is 0.383 e. The zero-order chi connectivity index (χ0) is 40.3. The molecule has 0 radical (unpaired) electrons. The Kier molecular flexibility index (Phi) is 13.2. The fraction of sp³-hybridized carbons (Fsp3) is 0.455. The van der Waals surface area contributed by atoms with Crippen molar-refractivity contribution in [2.24, 2.45) is 7.05 Å². The molecule has 2 aromatic carbocycles. The maximum Gasteiger partial charge on any atom is 0.418 e. The second-order valence-electron chi connectivity index (χ2n) is 12.3. The van der Waals surface area contributed by atoms with Gasteiger partial charge < -0.3 is 19.3 Å². The number of aromatic nitrogens is 2. The van der Waals surface area contributed by atoms with Crippen LogP contribution < -0.4 is 14.4 Å². The maximum absolute atomic E-state index is 14.6. The van der Waals surface area contributed by atoms with Crippen molar-refractivity contribution in [3.63, 3.8) is 0 Å². The van der Waals surface area contributed by atoms with Crippen LogP contribution >= 0.6 is 11.6 Å². The number of anilines is 2. The molecule has 0 saturated carbocycles. The Labute approximate surface area is 319 Å². The summed E-state index contributed by atoms with van der Waals surface area (Å²) in [6.07, 6.45) is -5.52. The van der Waals surface area contributed by atoms with Crippen molar-refractivity contribution in [3.8, 4) is 6.07 Å². The fourth-order valence-electron chi connectivity index (χ4n) is 6.24. The molecule has 3 aromatic rings. The summed E-state index contributed by atoms with van der Waals surface area (Å²) >= 11 is 3.43. The molecular weight excluding hydrogens is 806 g/mol. The van der Waals surface area contributed by atoms with Crippen LogP contribution in [-0.4, -0.2) is 85.7 Å². The van der Waals surface area contributed by atoms with Gasteiger partial charge in [-0.1, -0.05) is 17.7 Å². The molecule has 1 N–H and O–H groups in total. The summed E-state index contributed by atoms with van der Waals surface area (Å²) in [6.45, 7) is 0.836. The molecule has 2 aliphatic rings. The van der Waals surface area contributed by atoms with Crippen LogP contribution in [0.5, 0.6) is 0 Å². The van der Waals surface area contributed by atoms with Gasteiger partial charge in [0.1, 0.15) is 5.82 Å². The lowest BCUT2D eigenvalue weighted by molar-refractivity contribution is -0.647. The highest BCUT2D eigenvalue weighted by atomic mass is 35.5. The van der Waals surface area contributed by atoms with Gasteiger partial charge in [-0.25, -0.2) is 13.3 Å². The molecule has 5 rings (SSSR count). The van der Waals surface area contributed by atoms with Gasteiger partial charge in [-0.15, -0.1) is 0 Å². The number of hydroxylamine groups is 2. The summed E-state index contributed by atoms with van der Waals surface area (Å²) in [6, 6.07) is 5.93. The number of allylic oxidation sites excluding steroid dienone is 2. The third kappa shape index (κ3) is 9.80. The topological polar surface area (TPSA) is 141 Å². The van der Waals surface area contributed by atoms with Gasteiger partial charge in [0.05, 0.1) is 84.1 Å². The molecule has 0 bridgehead atoms. The minimum absolute atomic E-state index is 0.0565. The quantitative estimate of drug-likeness (QED) is 0.126. The molecule has 22 heteroatoms. The number of methoxy groups -OCH3 is 1. The number of hydrogen-bond donors (Lipinski definition) is 1. The highest BCUT2D eigenvalue weighted by Gasteiger charge is 2.41. The number of benzene rings is 2. The molecule has 0 aliphatic carbocycles. The summed E-state index contributed by atoms with van der Waals surface area (Å²) in [4.78, 5) is 2.48. The average molecular weight is 842 g/mol. The van der Waals surface area contributed by atoms with E-state index in [1.54, 1.807) is 11.9 Å². The van der Waals surface area contributed by atoms with Gasteiger partial charge in [0.25, 0.3) is 15.9 Å². The molecular formula is C33H36ClF6N6O7S2+. The molecule has 0 amide bonds. The number of hydrogen-bond acceptors (Lipinski definition) is 10. The van der Waals surface area contributed by atoms with E-state index in [4.69, 9.17) is 25.4 Å². The third-order valence-electron chi connectivity index (χ3n) is 8.72. The van der Waals surface area contributed by atoms with Crippen molar-refractivity contribution in [1.82, 2.24) is 9.63 Å². The number of halogens is 7. The first kappa shape index (κ1) is 42.4. The Balaban J connectivity index is 1.63. The van der Waals surface area contributed by atoms with Gasteiger partial charge in [0.2, 0.25) is 11.1 Å². The van der Waals surface area contributed by atoms with Crippen LogP contribution in [0.1, 0.15) is 29.8 Å². The SMILES string of the molecule is COCCN1/C(=C/C=C/c2n(CCCS(=O)(=O)O)c3cc(C(F)(F)F)c(Cl)cc3[n+]2C)N(CCC#N)c2cc(C(F)(F)F)c(S(=O)ON3CCOCC3)cc21. The largest absolute Gasteiger partial charge is 0.418 e. The van der Waals surface area contributed by atoms with E-state index in [0.717, 1.165) is 24.3 Å². The van der Waals surface area contributed by atoms with Crippen molar-refractivity contribution >= 4 is 61.3 Å². The van der Waals surface area contributed by atoms with E-state index < -0.39 is 60.3 Å². The molecule has 1 unspecified atom stereocenters. The van der Waals surface area contributed by atoms with Gasteiger partial charge in [-0.3, -0.25) is 4.55 Å². The first-order chi connectivity index (χ1) is 25.9. The first-order valence-corrected chi connectivity index (χ1v) is 19.6. The molecule has 1 atom stereocenters. The Morgan fingerprint density at radius 2 is 1.69 bits per heavy atom. The van der Waals surface area contributed by atoms with Gasteiger partial charge in [0, 0.05) is 57.9 Å². The number of aryl methyl sites for hydroxylation is 2. The van der Waals surface area contributed by atoms with Crippen LogP contribution in [0.25, 0.3) is 17.1 Å². The van der Waals surface area contributed by atoms with Crippen LogP contribution in [0.15, 0.2) is 47.1 Å². The lowest BCUT2D eigenvalue weighted by Crippen LogP contribution is -2.36. The Morgan fingerprint density at radius 3 is 2.31 bits per heavy atom. The molecule has 13 nitrogen and oxygen atoms in total. The van der Waals surface area contributed by atoms with Crippen LogP contribution in [-0.2, 0) is 60.9 Å². The summed E-state index contributed by atoms with van der Waals surface area (Å²) in [7, 11) is -1.43. The lowest BCUT2D eigenvalue weighted by atomic mass is 10.1. The highest BCUT2D eigenvalue weighted by Crippen LogP contribution is 2.47. The minimum atomic E-state index is -4.95. The van der Waals surface area contributed by atoms with Crippen LogP contribution in [0.4, 0.5) is 37.7 Å². The summed E-state index contributed by atoms with van der Waals surface area (Å²) in [5.41, 5.74) is -1.72. The molecule has 1 aromatic heterocycles. The summed E-state index contributed by atoms with van der Waals surface area (Å²) in [5.74, 6) is -0.103. The van der Waals surface area contributed by atoms with Crippen molar-refractivity contribution in [1.29, 1.82) is 5.26 Å². The number of morpholine rings is 1. The lowest BCUT2D eigenvalue weighted by Gasteiger charge is -2.25. The second kappa shape index (κ2) is 17.2. The van der Waals surface area contributed by atoms with Crippen molar-refractivity contribution in [3.05, 3.63) is 64.2 Å². The maximum atomic E-state index is 14.6. The van der Waals surface area contributed by atoms with Gasteiger partial charge in [0.15, 0.2) is 11.0 Å². The monoisotopic (exact) mass is 841 g/mol. The molecule has 1 fully saturated rings.